The van der Waals surface area contributed by atoms with Gasteiger partial charge in [0.1, 0.15) is 0 Å². The molecule has 18 heavy (non-hydrogen) atoms. The van der Waals surface area contributed by atoms with Gasteiger partial charge in [0.15, 0.2) is 0 Å². The van der Waals surface area contributed by atoms with E-state index in [1.165, 1.54) is 0 Å². The third-order valence-corrected chi connectivity index (χ3v) is 3.60. The first kappa shape index (κ1) is 12.7. The first-order valence-electron chi connectivity index (χ1n) is 6.38. The number of aryl methyl sites for hydroxylation is 1. The molecule has 0 radical (unpaired) electrons. The largest absolute Gasteiger partial charge is 0.398 e. The van der Waals surface area contributed by atoms with Crippen LogP contribution >= 0.6 is 0 Å². The first-order valence-corrected chi connectivity index (χ1v) is 6.38. The van der Waals surface area contributed by atoms with Crippen LogP contribution in [0.1, 0.15) is 32.8 Å². The Hall–Kier alpha value is -1.71. The summed E-state index contributed by atoms with van der Waals surface area (Å²) in [6, 6.07) is 5.76. The molecular formula is C14H21N3O. The van der Waals surface area contributed by atoms with Crippen LogP contribution in [-0.4, -0.2) is 12.1 Å². The third kappa shape index (κ3) is 2.75. The molecule has 0 spiro atoms. The van der Waals surface area contributed by atoms with Crippen LogP contribution in [0.5, 0.6) is 0 Å². The van der Waals surface area contributed by atoms with Crippen LogP contribution < -0.4 is 16.4 Å². The fraction of sp³-hybridized carbons (Fsp3) is 0.500. The van der Waals surface area contributed by atoms with E-state index in [1.807, 2.05) is 12.1 Å². The number of rotatable bonds is 3. The van der Waals surface area contributed by atoms with E-state index in [0.717, 1.165) is 29.8 Å². The molecule has 1 saturated carbocycles. The average molecular weight is 247 g/mol. The Kier molecular flexibility index (Phi) is 3.20. The zero-order valence-electron chi connectivity index (χ0n) is 11.2. The van der Waals surface area contributed by atoms with Crippen molar-refractivity contribution in [2.45, 2.75) is 39.7 Å². The molecule has 4 nitrogen and oxygen atoms in total. The minimum Gasteiger partial charge on any atom is -0.398 e. The van der Waals surface area contributed by atoms with E-state index in [2.05, 4.69) is 31.4 Å². The molecule has 2 rings (SSSR count). The van der Waals surface area contributed by atoms with E-state index in [-0.39, 0.29) is 17.5 Å². The second-order valence-electron chi connectivity index (χ2n) is 5.61. The van der Waals surface area contributed by atoms with Gasteiger partial charge >= 0.3 is 6.03 Å². The first-order chi connectivity index (χ1) is 8.42. The van der Waals surface area contributed by atoms with Gasteiger partial charge in [0.25, 0.3) is 0 Å². The summed E-state index contributed by atoms with van der Waals surface area (Å²) in [5.41, 5.74) is 8.69. The van der Waals surface area contributed by atoms with Gasteiger partial charge in [-0.15, -0.1) is 0 Å². The number of nitrogen functional groups attached to an aromatic ring is 1. The second kappa shape index (κ2) is 4.52. The summed E-state index contributed by atoms with van der Waals surface area (Å²) in [5.74, 6) is 0. The minimum atomic E-state index is -0.158. The Morgan fingerprint density at radius 3 is 2.67 bits per heavy atom. The molecule has 0 heterocycles. The van der Waals surface area contributed by atoms with Gasteiger partial charge in [-0.3, -0.25) is 0 Å². The molecule has 4 heteroatoms. The van der Waals surface area contributed by atoms with Crippen LogP contribution in [0.3, 0.4) is 0 Å². The Balaban J connectivity index is 1.93. The molecule has 1 atom stereocenters. The van der Waals surface area contributed by atoms with E-state index in [9.17, 15) is 4.79 Å². The highest BCUT2D eigenvalue weighted by Gasteiger charge is 2.46. The van der Waals surface area contributed by atoms with Gasteiger partial charge < -0.3 is 16.4 Å². The zero-order chi connectivity index (χ0) is 13.3. The maximum atomic E-state index is 11.8. The van der Waals surface area contributed by atoms with Crippen molar-refractivity contribution < 1.29 is 4.79 Å². The van der Waals surface area contributed by atoms with Gasteiger partial charge in [-0.1, -0.05) is 26.8 Å². The number of anilines is 2. The van der Waals surface area contributed by atoms with Crippen molar-refractivity contribution in [3.63, 3.8) is 0 Å². The molecule has 1 unspecified atom stereocenters. The number of nitrogens with one attached hydrogen (secondary N) is 2. The highest BCUT2D eigenvalue weighted by Crippen LogP contribution is 2.44. The van der Waals surface area contributed by atoms with Crippen LogP contribution in [0, 0.1) is 5.41 Å². The zero-order valence-corrected chi connectivity index (χ0v) is 11.2. The summed E-state index contributed by atoms with van der Waals surface area (Å²) in [4.78, 5) is 11.8. The molecule has 1 aliphatic rings. The standard InChI is InChI=1S/C14H21N3O/c1-4-9-5-6-10(7-11(9)15)16-13(18)17-12-8-14(12,2)3/h5-7,12H,4,8,15H2,1-3H3,(H2,16,17,18). The Labute approximate surface area is 108 Å². The molecule has 1 aromatic rings. The monoisotopic (exact) mass is 247 g/mol. The lowest BCUT2D eigenvalue weighted by Crippen LogP contribution is -2.32. The fourth-order valence-electron chi connectivity index (χ4n) is 2.03. The van der Waals surface area contributed by atoms with Crippen molar-refractivity contribution in [1.82, 2.24) is 5.32 Å². The predicted molar refractivity (Wildman–Crippen MR) is 74.6 cm³/mol. The molecule has 2 amide bonds. The third-order valence-electron chi connectivity index (χ3n) is 3.60. The molecule has 1 fully saturated rings. The van der Waals surface area contributed by atoms with Crippen molar-refractivity contribution in [3.8, 4) is 0 Å². The van der Waals surface area contributed by atoms with Gasteiger partial charge in [-0.2, -0.15) is 0 Å². The van der Waals surface area contributed by atoms with Crippen molar-refractivity contribution in [2.75, 3.05) is 11.1 Å². The van der Waals surface area contributed by atoms with Crippen molar-refractivity contribution in [1.29, 1.82) is 0 Å². The maximum absolute atomic E-state index is 11.8. The van der Waals surface area contributed by atoms with Crippen LogP contribution in [-0.2, 0) is 6.42 Å². The smallest absolute Gasteiger partial charge is 0.319 e. The highest BCUT2D eigenvalue weighted by atomic mass is 16.2. The van der Waals surface area contributed by atoms with Crippen molar-refractivity contribution in [3.05, 3.63) is 23.8 Å². The number of carbonyl (C=O) groups excluding carboxylic acids is 1. The van der Waals surface area contributed by atoms with E-state index in [4.69, 9.17) is 5.73 Å². The van der Waals surface area contributed by atoms with Crippen molar-refractivity contribution in [2.24, 2.45) is 5.41 Å². The number of hydrogen-bond acceptors (Lipinski definition) is 2. The average Bonchev–Trinajstić information content (AvgIpc) is 2.85. The van der Waals surface area contributed by atoms with Gasteiger partial charge in [0, 0.05) is 17.4 Å². The van der Waals surface area contributed by atoms with Crippen LogP contribution in [0.2, 0.25) is 0 Å². The molecular weight excluding hydrogens is 226 g/mol. The molecule has 0 bridgehead atoms. The number of amides is 2. The summed E-state index contributed by atoms with van der Waals surface area (Å²) in [7, 11) is 0. The van der Waals surface area contributed by atoms with Crippen molar-refractivity contribution >= 4 is 17.4 Å². The highest BCUT2D eigenvalue weighted by molar-refractivity contribution is 5.90. The van der Waals surface area contributed by atoms with Crippen LogP contribution in [0.25, 0.3) is 0 Å². The van der Waals surface area contributed by atoms with E-state index < -0.39 is 0 Å². The molecule has 98 valence electrons. The summed E-state index contributed by atoms with van der Waals surface area (Å²) in [6.45, 7) is 6.35. The number of hydrogen-bond donors (Lipinski definition) is 3. The molecule has 0 aliphatic heterocycles. The summed E-state index contributed by atoms with van der Waals surface area (Å²) in [6.07, 6.45) is 1.94. The van der Waals surface area contributed by atoms with Gasteiger partial charge in [-0.25, -0.2) is 4.79 Å². The van der Waals surface area contributed by atoms with E-state index in [1.54, 1.807) is 6.07 Å². The van der Waals surface area contributed by atoms with Gasteiger partial charge in [0.2, 0.25) is 0 Å². The lowest BCUT2D eigenvalue weighted by Gasteiger charge is -2.10. The van der Waals surface area contributed by atoms with E-state index in [0.29, 0.717) is 0 Å². The molecule has 0 saturated heterocycles. The summed E-state index contributed by atoms with van der Waals surface area (Å²) in [5, 5.41) is 5.76. The lowest BCUT2D eigenvalue weighted by molar-refractivity contribution is 0.250. The molecule has 1 aliphatic carbocycles. The van der Waals surface area contributed by atoms with Gasteiger partial charge in [-0.05, 0) is 36.0 Å². The molecule has 0 aromatic heterocycles. The number of urea groups is 1. The normalized spacial score (nSPS) is 20.3. The number of benzene rings is 1. The van der Waals surface area contributed by atoms with Gasteiger partial charge in [0.05, 0.1) is 0 Å². The van der Waals surface area contributed by atoms with Crippen LogP contribution in [0.15, 0.2) is 18.2 Å². The minimum absolute atomic E-state index is 0.158. The Bertz CT molecular complexity index is 468. The number of nitrogens with two attached hydrogens (primary N) is 1. The molecule has 4 N–H and O–H groups in total. The Morgan fingerprint density at radius 1 is 1.50 bits per heavy atom. The lowest BCUT2D eigenvalue weighted by atomic mass is 10.1. The molecule has 1 aromatic carbocycles. The maximum Gasteiger partial charge on any atom is 0.319 e. The quantitative estimate of drug-likeness (QED) is 0.719. The fourth-order valence-corrected chi connectivity index (χ4v) is 2.03. The second-order valence-corrected chi connectivity index (χ2v) is 5.61. The van der Waals surface area contributed by atoms with Crippen LogP contribution in [0.4, 0.5) is 16.2 Å². The topological polar surface area (TPSA) is 67.2 Å². The summed E-state index contributed by atoms with van der Waals surface area (Å²) >= 11 is 0. The summed E-state index contributed by atoms with van der Waals surface area (Å²) < 4.78 is 0. The Morgan fingerprint density at radius 2 is 2.17 bits per heavy atom. The number of carbonyl (C=O) groups is 1. The SMILES string of the molecule is CCc1ccc(NC(=O)NC2CC2(C)C)cc1N. The predicted octanol–water partition coefficient (Wildman–Crippen LogP) is 2.75. The van der Waals surface area contributed by atoms with E-state index >= 15 is 0 Å².